The second kappa shape index (κ2) is 7.24. The van der Waals surface area contributed by atoms with Gasteiger partial charge in [0.25, 0.3) is 0 Å². The summed E-state index contributed by atoms with van der Waals surface area (Å²) in [5.41, 5.74) is 0. The van der Waals surface area contributed by atoms with Gasteiger partial charge in [-0.2, -0.15) is 0 Å². The summed E-state index contributed by atoms with van der Waals surface area (Å²) >= 11 is 0. The molecular weight excluding hydrogens is 172 g/mol. The van der Waals surface area contributed by atoms with Crippen molar-refractivity contribution in [1.82, 2.24) is 10.2 Å². The van der Waals surface area contributed by atoms with Gasteiger partial charge in [-0.1, -0.05) is 13.3 Å². The third-order valence-electron chi connectivity index (χ3n) is 3.33. The zero-order valence-corrected chi connectivity index (χ0v) is 9.89. The van der Waals surface area contributed by atoms with Crippen LogP contribution in [0.15, 0.2) is 0 Å². The van der Waals surface area contributed by atoms with E-state index in [2.05, 4.69) is 17.1 Å². The van der Waals surface area contributed by atoms with Gasteiger partial charge in [0.2, 0.25) is 0 Å². The number of nitrogens with zero attached hydrogens (tertiary/aromatic N) is 1. The van der Waals surface area contributed by atoms with Crippen LogP contribution in [0.25, 0.3) is 0 Å². The summed E-state index contributed by atoms with van der Waals surface area (Å²) in [6.45, 7) is 7.52. The molecule has 0 aliphatic carbocycles. The number of nitrogens with one attached hydrogen (secondary N) is 1. The predicted molar refractivity (Wildman–Crippen MR) is 62.6 cm³/mol. The highest BCUT2D eigenvalue weighted by molar-refractivity contribution is 4.71. The van der Waals surface area contributed by atoms with E-state index in [0.717, 1.165) is 5.92 Å². The quantitative estimate of drug-likeness (QED) is 0.658. The lowest BCUT2D eigenvalue weighted by atomic mass is 9.95. The largest absolute Gasteiger partial charge is 0.320 e. The first kappa shape index (κ1) is 12.0. The first-order chi connectivity index (χ1) is 6.86. The average Bonchev–Trinajstić information content (AvgIpc) is 2.25. The van der Waals surface area contributed by atoms with Crippen LogP contribution in [0.3, 0.4) is 0 Å². The van der Waals surface area contributed by atoms with Crippen LogP contribution in [0, 0.1) is 5.92 Å². The Labute approximate surface area is 89.1 Å². The molecule has 1 atom stereocenters. The van der Waals surface area contributed by atoms with Crippen molar-refractivity contribution in [2.45, 2.75) is 39.0 Å². The maximum absolute atomic E-state index is 3.21. The average molecular weight is 198 g/mol. The van der Waals surface area contributed by atoms with Crippen molar-refractivity contribution in [2.24, 2.45) is 5.92 Å². The maximum Gasteiger partial charge on any atom is 0.000956 e. The van der Waals surface area contributed by atoms with Crippen LogP contribution < -0.4 is 5.32 Å². The van der Waals surface area contributed by atoms with Crippen LogP contribution in [0.5, 0.6) is 0 Å². The standard InChI is InChI=1S/C12H26N2/c1-3-12-7-6-10-14(11-12)9-5-4-8-13-2/h12-13H,3-11H2,1-2H3. The molecule has 0 aromatic carbocycles. The Morgan fingerprint density at radius 1 is 1.36 bits per heavy atom. The molecule has 1 rings (SSSR count). The van der Waals surface area contributed by atoms with Crippen molar-refractivity contribution >= 4 is 0 Å². The number of rotatable bonds is 6. The van der Waals surface area contributed by atoms with E-state index in [1.54, 1.807) is 0 Å². The van der Waals surface area contributed by atoms with E-state index in [9.17, 15) is 0 Å². The van der Waals surface area contributed by atoms with Crippen molar-refractivity contribution in [3.8, 4) is 0 Å². The molecule has 0 bridgehead atoms. The van der Waals surface area contributed by atoms with E-state index >= 15 is 0 Å². The van der Waals surface area contributed by atoms with Gasteiger partial charge in [0.15, 0.2) is 0 Å². The molecule has 1 saturated heterocycles. The fourth-order valence-corrected chi connectivity index (χ4v) is 2.32. The Morgan fingerprint density at radius 3 is 2.93 bits per heavy atom. The Balaban J connectivity index is 2.05. The highest BCUT2D eigenvalue weighted by Gasteiger charge is 2.17. The van der Waals surface area contributed by atoms with Crippen LogP contribution in [0.4, 0.5) is 0 Å². The Bertz CT molecular complexity index is 136. The summed E-state index contributed by atoms with van der Waals surface area (Å²) < 4.78 is 0. The molecule has 0 aromatic rings. The van der Waals surface area contributed by atoms with Gasteiger partial charge in [-0.25, -0.2) is 0 Å². The van der Waals surface area contributed by atoms with Crippen LogP contribution >= 0.6 is 0 Å². The van der Waals surface area contributed by atoms with Crippen molar-refractivity contribution in [2.75, 3.05) is 33.2 Å². The molecule has 1 N–H and O–H groups in total. The molecule has 84 valence electrons. The van der Waals surface area contributed by atoms with Gasteiger partial charge in [-0.3, -0.25) is 0 Å². The van der Waals surface area contributed by atoms with Crippen molar-refractivity contribution < 1.29 is 0 Å². The van der Waals surface area contributed by atoms with Crippen molar-refractivity contribution in [1.29, 1.82) is 0 Å². The van der Waals surface area contributed by atoms with Gasteiger partial charge >= 0.3 is 0 Å². The van der Waals surface area contributed by atoms with Gasteiger partial charge in [-0.05, 0) is 58.3 Å². The Kier molecular flexibility index (Phi) is 6.20. The lowest BCUT2D eigenvalue weighted by molar-refractivity contribution is 0.169. The first-order valence-electron chi connectivity index (χ1n) is 6.23. The Morgan fingerprint density at radius 2 is 2.21 bits per heavy atom. The monoisotopic (exact) mass is 198 g/mol. The fourth-order valence-electron chi connectivity index (χ4n) is 2.32. The summed E-state index contributed by atoms with van der Waals surface area (Å²) in [7, 11) is 2.04. The highest BCUT2D eigenvalue weighted by Crippen LogP contribution is 2.19. The molecule has 1 aliphatic rings. The van der Waals surface area contributed by atoms with Gasteiger partial charge in [0.05, 0.1) is 0 Å². The topological polar surface area (TPSA) is 15.3 Å². The molecule has 0 amide bonds. The van der Waals surface area contributed by atoms with Crippen molar-refractivity contribution in [3.63, 3.8) is 0 Å². The second-order valence-electron chi connectivity index (χ2n) is 4.53. The number of hydrogen-bond donors (Lipinski definition) is 1. The van der Waals surface area contributed by atoms with Crippen LogP contribution in [0.1, 0.15) is 39.0 Å². The van der Waals surface area contributed by atoms with E-state index in [1.165, 1.54) is 58.3 Å². The number of hydrogen-bond acceptors (Lipinski definition) is 2. The normalized spacial score (nSPS) is 24.0. The molecule has 0 radical (unpaired) electrons. The maximum atomic E-state index is 3.21. The molecule has 1 fully saturated rings. The number of likely N-dealkylation sites (tertiary alicyclic amines) is 1. The molecule has 2 nitrogen and oxygen atoms in total. The smallest absolute Gasteiger partial charge is 0.000956 e. The number of piperidine rings is 1. The molecule has 0 aromatic heterocycles. The lowest BCUT2D eigenvalue weighted by Crippen LogP contribution is -2.35. The van der Waals surface area contributed by atoms with Gasteiger partial charge in [-0.15, -0.1) is 0 Å². The highest BCUT2D eigenvalue weighted by atomic mass is 15.1. The predicted octanol–water partition coefficient (Wildman–Crippen LogP) is 2.11. The first-order valence-corrected chi connectivity index (χ1v) is 6.23. The third-order valence-corrected chi connectivity index (χ3v) is 3.33. The molecule has 1 heterocycles. The van der Waals surface area contributed by atoms with E-state index in [-0.39, 0.29) is 0 Å². The second-order valence-corrected chi connectivity index (χ2v) is 4.53. The molecule has 1 aliphatic heterocycles. The zero-order valence-electron chi connectivity index (χ0n) is 9.89. The summed E-state index contributed by atoms with van der Waals surface area (Å²) in [4.78, 5) is 2.66. The van der Waals surface area contributed by atoms with Crippen molar-refractivity contribution in [3.05, 3.63) is 0 Å². The van der Waals surface area contributed by atoms with Crippen LogP contribution in [-0.2, 0) is 0 Å². The molecule has 14 heavy (non-hydrogen) atoms. The molecule has 0 spiro atoms. The lowest BCUT2D eigenvalue weighted by Gasteiger charge is -2.32. The van der Waals surface area contributed by atoms with Crippen LogP contribution in [-0.4, -0.2) is 38.1 Å². The summed E-state index contributed by atoms with van der Waals surface area (Å²) in [6, 6.07) is 0. The van der Waals surface area contributed by atoms with E-state index in [4.69, 9.17) is 0 Å². The summed E-state index contributed by atoms with van der Waals surface area (Å²) in [6.07, 6.45) is 6.93. The molecule has 1 unspecified atom stereocenters. The Hall–Kier alpha value is -0.0800. The van der Waals surface area contributed by atoms with Gasteiger partial charge < -0.3 is 10.2 Å². The van der Waals surface area contributed by atoms with Gasteiger partial charge in [0, 0.05) is 6.54 Å². The zero-order chi connectivity index (χ0) is 10.2. The minimum atomic E-state index is 0.980. The molecule has 0 saturated carbocycles. The summed E-state index contributed by atoms with van der Waals surface area (Å²) in [5.74, 6) is 0.980. The molecular formula is C12H26N2. The van der Waals surface area contributed by atoms with Gasteiger partial charge in [0.1, 0.15) is 0 Å². The third kappa shape index (κ3) is 4.43. The van der Waals surface area contributed by atoms with E-state index in [1.807, 2.05) is 7.05 Å². The molecule has 2 heteroatoms. The minimum absolute atomic E-state index is 0.980. The SMILES string of the molecule is CCC1CCCN(CCCCNC)C1. The summed E-state index contributed by atoms with van der Waals surface area (Å²) in [5, 5.41) is 3.21. The van der Waals surface area contributed by atoms with Crippen LogP contribution in [0.2, 0.25) is 0 Å². The fraction of sp³-hybridized carbons (Fsp3) is 1.00. The van der Waals surface area contributed by atoms with E-state index in [0.29, 0.717) is 0 Å². The van der Waals surface area contributed by atoms with E-state index < -0.39 is 0 Å². The minimum Gasteiger partial charge on any atom is -0.320 e. The number of unbranched alkanes of at least 4 members (excludes halogenated alkanes) is 1.